The second kappa shape index (κ2) is 3.06. The number of hydrogen-bond donors (Lipinski definition) is 2. The first-order valence-electron chi connectivity index (χ1n) is 3.14. The minimum absolute atomic E-state index is 0.350. The average molecular weight is 174 g/mol. The molecule has 0 aromatic carbocycles. The summed E-state index contributed by atoms with van der Waals surface area (Å²) in [7, 11) is -3.06. The topological polar surface area (TPSA) is 62.0 Å². The maximum Gasteiger partial charge on any atom is 0.209 e. The highest BCUT2D eigenvalue weighted by atomic mass is 32.2. The smallest absolute Gasteiger partial charge is 0.209 e. The van der Waals surface area contributed by atoms with Gasteiger partial charge in [0.25, 0.3) is 0 Å². The summed E-state index contributed by atoms with van der Waals surface area (Å²) in [5.74, 6) is 0. The number of aromatic amines is 1. The number of nitrogens with one attached hydrogen (secondary N) is 2. The molecule has 1 rings (SSSR count). The molecule has 11 heavy (non-hydrogen) atoms. The molecular formula is C6H10N2O2S. The van der Waals surface area contributed by atoms with Crippen LogP contribution < -0.4 is 4.72 Å². The summed E-state index contributed by atoms with van der Waals surface area (Å²) in [6.45, 7) is 0.350. The highest BCUT2D eigenvalue weighted by molar-refractivity contribution is 7.88. The van der Waals surface area contributed by atoms with Crippen LogP contribution in [0.15, 0.2) is 18.5 Å². The molecule has 0 aliphatic rings. The fourth-order valence-corrected chi connectivity index (χ4v) is 1.11. The van der Waals surface area contributed by atoms with Gasteiger partial charge in [0.2, 0.25) is 10.0 Å². The van der Waals surface area contributed by atoms with Gasteiger partial charge >= 0.3 is 0 Å². The molecule has 0 amide bonds. The second-order valence-corrected chi connectivity index (χ2v) is 4.15. The minimum Gasteiger partial charge on any atom is -0.367 e. The molecule has 1 heterocycles. The summed E-state index contributed by atoms with van der Waals surface area (Å²) in [4.78, 5) is 2.83. The van der Waals surface area contributed by atoms with Crippen LogP contribution in [0.3, 0.4) is 0 Å². The minimum atomic E-state index is -3.06. The number of rotatable bonds is 3. The lowest BCUT2D eigenvalue weighted by molar-refractivity contribution is 0.587. The summed E-state index contributed by atoms with van der Waals surface area (Å²) in [5, 5.41) is 0. The Balaban J connectivity index is 2.48. The summed E-state index contributed by atoms with van der Waals surface area (Å²) < 4.78 is 23.6. The molecule has 0 atom stereocenters. The average Bonchev–Trinajstić information content (AvgIpc) is 2.32. The highest BCUT2D eigenvalue weighted by Crippen LogP contribution is 1.95. The van der Waals surface area contributed by atoms with Gasteiger partial charge in [-0.3, -0.25) is 0 Å². The molecule has 4 nitrogen and oxygen atoms in total. The fraction of sp³-hybridized carbons (Fsp3) is 0.333. The zero-order chi connectivity index (χ0) is 8.32. The number of sulfonamides is 1. The zero-order valence-electron chi connectivity index (χ0n) is 6.16. The van der Waals surface area contributed by atoms with Crippen molar-refractivity contribution in [3.63, 3.8) is 0 Å². The van der Waals surface area contributed by atoms with Crippen molar-refractivity contribution >= 4 is 10.0 Å². The van der Waals surface area contributed by atoms with Crippen molar-refractivity contribution in [2.24, 2.45) is 0 Å². The van der Waals surface area contributed by atoms with Crippen molar-refractivity contribution in [2.45, 2.75) is 6.54 Å². The van der Waals surface area contributed by atoms with Crippen LogP contribution in [-0.2, 0) is 16.6 Å². The first kappa shape index (κ1) is 8.29. The van der Waals surface area contributed by atoms with E-state index in [-0.39, 0.29) is 0 Å². The van der Waals surface area contributed by atoms with Gasteiger partial charge in [-0.05, 0) is 11.6 Å². The standard InChI is InChI=1S/C6H10N2O2S/c1-11(9,10)8-5-6-2-3-7-4-6/h2-4,7-8H,5H2,1H3. The maximum atomic E-state index is 10.6. The molecule has 0 radical (unpaired) electrons. The van der Waals surface area contributed by atoms with E-state index in [0.717, 1.165) is 11.8 Å². The van der Waals surface area contributed by atoms with Gasteiger partial charge in [0.05, 0.1) is 6.26 Å². The third-order valence-corrected chi connectivity index (χ3v) is 1.87. The van der Waals surface area contributed by atoms with Crippen LogP contribution in [0.5, 0.6) is 0 Å². The number of H-pyrrole nitrogens is 1. The highest BCUT2D eigenvalue weighted by Gasteiger charge is 1.99. The Morgan fingerprint density at radius 3 is 2.82 bits per heavy atom. The molecule has 1 aromatic rings. The van der Waals surface area contributed by atoms with Crippen molar-refractivity contribution < 1.29 is 8.42 Å². The summed E-state index contributed by atoms with van der Waals surface area (Å²) in [6, 6.07) is 1.82. The van der Waals surface area contributed by atoms with Crippen LogP contribution in [0.2, 0.25) is 0 Å². The molecular weight excluding hydrogens is 164 g/mol. The van der Waals surface area contributed by atoms with Gasteiger partial charge in [-0.1, -0.05) is 0 Å². The molecule has 0 spiro atoms. The van der Waals surface area contributed by atoms with Crippen molar-refractivity contribution in [2.75, 3.05) is 6.26 Å². The number of aromatic nitrogens is 1. The van der Waals surface area contributed by atoms with Gasteiger partial charge < -0.3 is 4.98 Å². The van der Waals surface area contributed by atoms with Crippen molar-refractivity contribution in [3.8, 4) is 0 Å². The predicted molar refractivity (Wildman–Crippen MR) is 42.5 cm³/mol. The normalized spacial score (nSPS) is 11.7. The Morgan fingerprint density at radius 1 is 1.64 bits per heavy atom. The Bertz CT molecular complexity index is 301. The van der Waals surface area contributed by atoms with Crippen LogP contribution >= 0.6 is 0 Å². The Hall–Kier alpha value is -0.810. The van der Waals surface area contributed by atoms with E-state index in [0.29, 0.717) is 6.54 Å². The molecule has 0 unspecified atom stereocenters. The lowest BCUT2D eigenvalue weighted by atomic mass is 10.4. The van der Waals surface area contributed by atoms with Gasteiger partial charge in [0.1, 0.15) is 0 Å². The van der Waals surface area contributed by atoms with Gasteiger partial charge in [0.15, 0.2) is 0 Å². The van der Waals surface area contributed by atoms with E-state index in [1.807, 2.05) is 6.07 Å². The maximum absolute atomic E-state index is 10.6. The van der Waals surface area contributed by atoms with E-state index < -0.39 is 10.0 Å². The summed E-state index contributed by atoms with van der Waals surface area (Å²) >= 11 is 0. The van der Waals surface area contributed by atoms with Crippen LogP contribution in [0.1, 0.15) is 5.56 Å². The molecule has 5 heteroatoms. The largest absolute Gasteiger partial charge is 0.367 e. The van der Waals surface area contributed by atoms with Crippen LogP contribution in [-0.4, -0.2) is 19.7 Å². The lowest BCUT2D eigenvalue weighted by Crippen LogP contribution is -2.20. The molecule has 0 saturated carbocycles. The van der Waals surface area contributed by atoms with E-state index in [2.05, 4.69) is 9.71 Å². The van der Waals surface area contributed by atoms with Crippen LogP contribution in [0.25, 0.3) is 0 Å². The van der Waals surface area contributed by atoms with E-state index in [1.165, 1.54) is 0 Å². The zero-order valence-corrected chi connectivity index (χ0v) is 6.98. The Kier molecular flexibility index (Phi) is 2.31. The van der Waals surface area contributed by atoms with E-state index in [1.54, 1.807) is 12.4 Å². The molecule has 0 aliphatic carbocycles. The molecule has 0 aliphatic heterocycles. The third-order valence-electron chi connectivity index (χ3n) is 1.20. The quantitative estimate of drug-likeness (QED) is 0.681. The lowest BCUT2D eigenvalue weighted by Gasteiger charge is -1.97. The molecule has 0 bridgehead atoms. The van der Waals surface area contributed by atoms with Crippen molar-refractivity contribution in [3.05, 3.63) is 24.0 Å². The Labute approximate surface area is 65.7 Å². The first-order chi connectivity index (χ1) is 5.08. The van der Waals surface area contributed by atoms with Gasteiger partial charge in [-0.15, -0.1) is 0 Å². The molecule has 62 valence electrons. The Morgan fingerprint density at radius 2 is 2.36 bits per heavy atom. The summed E-state index contributed by atoms with van der Waals surface area (Å²) in [5.41, 5.74) is 0.926. The second-order valence-electron chi connectivity index (χ2n) is 2.31. The summed E-state index contributed by atoms with van der Waals surface area (Å²) in [6.07, 6.45) is 4.64. The fourth-order valence-electron chi connectivity index (χ4n) is 0.683. The van der Waals surface area contributed by atoms with Crippen LogP contribution in [0.4, 0.5) is 0 Å². The SMILES string of the molecule is CS(=O)(=O)NCc1cc[nH]c1. The van der Waals surface area contributed by atoms with E-state index in [9.17, 15) is 8.42 Å². The monoisotopic (exact) mass is 174 g/mol. The third kappa shape index (κ3) is 3.20. The van der Waals surface area contributed by atoms with E-state index in [4.69, 9.17) is 0 Å². The van der Waals surface area contributed by atoms with Crippen molar-refractivity contribution in [1.82, 2.24) is 9.71 Å². The van der Waals surface area contributed by atoms with Gasteiger partial charge in [0, 0.05) is 18.9 Å². The molecule has 0 fully saturated rings. The number of hydrogen-bond acceptors (Lipinski definition) is 2. The van der Waals surface area contributed by atoms with Crippen molar-refractivity contribution in [1.29, 1.82) is 0 Å². The van der Waals surface area contributed by atoms with Gasteiger partial charge in [-0.25, -0.2) is 13.1 Å². The van der Waals surface area contributed by atoms with E-state index >= 15 is 0 Å². The first-order valence-corrected chi connectivity index (χ1v) is 5.03. The molecule has 0 saturated heterocycles. The van der Waals surface area contributed by atoms with Crippen LogP contribution in [0, 0.1) is 0 Å². The van der Waals surface area contributed by atoms with Gasteiger partial charge in [-0.2, -0.15) is 0 Å². The molecule has 2 N–H and O–H groups in total. The predicted octanol–water partition coefficient (Wildman–Crippen LogP) is 0.0639. The molecule has 1 aromatic heterocycles.